The second-order valence-corrected chi connectivity index (χ2v) is 6.66. The van der Waals surface area contributed by atoms with Crippen molar-refractivity contribution in [2.24, 2.45) is 0 Å². The van der Waals surface area contributed by atoms with E-state index in [0.717, 1.165) is 22.4 Å². The zero-order chi connectivity index (χ0) is 21.5. The van der Waals surface area contributed by atoms with Crippen LogP contribution in [0.4, 0.5) is 5.95 Å². The average molecular weight is 411 g/mol. The van der Waals surface area contributed by atoms with E-state index < -0.39 is 0 Å². The van der Waals surface area contributed by atoms with Crippen LogP contribution in [0.25, 0.3) is 17.5 Å². The summed E-state index contributed by atoms with van der Waals surface area (Å²) < 4.78 is 6.67. The zero-order valence-corrected chi connectivity index (χ0v) is 17.0. The number of allylic oxidation sites excluding steroid dienone is 1. The number of nitrogens with zero attached hydrogens (tertiary/aromatic N) is 4. The van der Waals surface area contributed by atoms with Crippen molar-refractivity contribution in [2.75, 3.05) is 12.4 Å². The lowest BCUT2D eigenvalue weighted by Gasteiger charge is -2.09. The molecule has 0 unspecified atom stereocenters. The molecule has 2 aromatic carbocycles. The van der Waals surface area contributed by atoms with Gasteiger partial charge in [-0.15, -0.1) is 5.10 Å². The summed E-state index contributed by atoms with van der Waals surface area (Å²) in [5, 5.41) is 7.63. The molecule has 154 valence electrons. The number of anilines is 1. The average Bonchev–Trinajstić information content (AvgIpc) is 3.27. The molecule has 7 nitrogen and oxygen atoms in total. The Labute approximate surface area is 180 Å². The second-order valence-electron chi connectivity index (χ2n) is 6.66. The number of carbonyl (C=O) groups excluding carboxylic acids is 1. The van der Waals surface area contributed by atoms with Crippen LogP contribution in [0, 0.1) is 0 Å². The van der Waals surface area contributed by atoms with Crippen molar-refractivity contribution in [3.8, 4) is 17.1 Å². The van der Waals surface area contributed by atoms with Crippen molar-refractivity contribution in [2.45, 2.75) is 6.54 Å². The van der Waals surface area contributed by atoms with E-state index in [1.54, 1.807) is 31.6 Å². The number of rotatable bonds is 7. The summed E-state index contributed by atoms with van der Waals surface area (Å²) in [6.45, 7) is 0.421. The SMILES string of the molecule is COc1ccccc1CNc1nc(-c2cccnc2)nn1C(=O)/C=C/c1ccccc1. The molecule has 2 aromatic heterocycles. The van der Waals surface area contributed by atoms with Crippen molar-refractivity contribution >= 4 is 17.9 Å². The molecule has 0 saturated heterocycles. The fourth-order valence-electron chi connectivity index (χ4n) is 3.02. The summed E-state index contributed by atoms with van der Waals surface area (Å²) >= 11 is 0. The van der Waals surface area contributed by atoms with Gasteiger partial charge in [0.2, 0.25) is 5.95 Å². The lowest BCUT2D eigenvalue weighted by Crippen LogP contribution is -2.14. The molecule has 0 aliphatic rings. The fraction of sp³-hybridized carbons (Fsp3) is 0.0833. The number of methoxy groups -OCH3 is 1. The number of pyridine rings is 1. The Morgan fingerprint density at radius 1 is 1.06 bits per heavy atom. The summed E-state index contributed by atoms with van der Waals surface area (Å²) in [5.74, 6) is 1.20. The molecule has 0 saturated carbocycles. The van der Waals surface area contributed by atoms with E-state index in [1.165, 1.54) is 10.8 Å². The molecule has 31 heavy (non-hydrogen) atoms. The van der Waals surface area contributed by atoms with Crippen LogP contribution in [0.2, 0.25) is 0 Å². The fourth-order valence-corrected chi connectivity index (χ4v) is 3.02. The van der Waals surface area contributed by atoms with Crippen LogP contribution in [-0.4, -0.2) is 32.8 Å². The van der Waals surface area contributed by atoms with Gasteiger partial charge in [-0.2, -0.15) is 9.67 Å². The first-order valence-electron chi connectivity index (χ1n) is 9.75. The molecule has 7 heteroatoms. The van der Waals surface area contributed by atoms with E-state index in [-0.39, 0.29) is 5.91 Å². The molecular weight excluding hydrogens is 390 g/mol. The predicted molar refractivity (Wildman–Crippen MR) is 120 cm³/mol. The van der Waals surface area contributed by atoms with Gasteiger partial charge in [-0.3, -0.25) is 9.78 Å². The van der Waals surface area contributed by atoms with Crippen LogP contribution < -0.4 is 10.1 Å². The van der Waals surface area contributed by atoms with Crippen molar-refractivity contribution in [3.63, 3.8) is 0 Å². The molecular formula is C24H21N5O2. The van der Waals surface area contributed by atoms with E-state index in [1.807, 2.05) is 60.7 Å². The molecule has 1 N–H and O–H groups in total. The minimum Gasteiger partial charge on any atom is -0.496 e. The van der Waals surface area contributed by atoms with E-state index >= 15 is 0 Å². The normalized spacial score (nSPS) is 10.9. The highest BCUT2D eigenvalue weighted by atomic mass is 16.5. The highest BCUT2D eigenvalue weighted by Gasteiger charge is 2.16. The minimum atomic E-state index is -0.311. The molecule has 0 aliphatic carbocycles. The summed E-state index contributed by atoms with van der Waals surface area (Å²) in [4.78, 5) is 21.6. The number of carbonyl (C=O) groups is 1. The molecule has 0 fully saturated rings. The third-order valence-electron chi connectivity index (χ3n) is 4.58. The third-order valence-corrected chi connectivity index (χ3v) is 4.58. The third kappa shape index (κ3) is 4.84. The monoisotopic (exact) mass is 411 g/mol. The molecule has 0 amide bonds. The van der Waals surface area contributed by atoms with Crippen LogP contribution in [0.1, 0.15) is 15.9 Å². The maximum absolute atomic E-state index is 12.9. The van der Waals surface area contributed by atoms with E-state index in [9.17, 15) is 4.79 Å². The number of ether oxygens (including phenoxy) is 1. The number of hydrogen-bond acceptors (Lipinski definition) is 6. The van der Waals surface area contributed by atoms with E-state index in [2.05, 4.69) is 20.4 Å². The summed E-state index contributed by atoms with van der Waals surface area (Å²) in [6.07, 6.45) is 6.56. The van der Waals surface area contributed by atoms with Crippen LogP contribution in [-0.2, 0) is 6.54 Å². The maximum Gasteiger partial charge on any atom is 0.274 e. The summed E-state index contributed by atoms with van der Waals surface area (Å²) in [6, 6.07) is 20.9. The first-order chi connectivity index (χ1) is 15.2. The van der Waals surface area contributed by atoms with Crippen molar-refractivity contribution < 1.29 is 9.53 Å². The Morgan fingerprint density at radius 3 is 2.65 bits per heavy atom. The van der Waals surface area contributed by atoms with Gasteiger partial charge < -0.3 is 10.1 Å². The van der Waals surface area contributed by atoms with Crippen LogP contribution in [0.3, 0.4) is 0 Å². The van der Waals surface area contributed by atoms with Crippen LogP contribution >= 0.6 is 0 Å². The summed E-state index contributed by atoms with van der Waals surface area (Å²) in [5.41, 5.74) is 2.59. The lowest BCUT2D eigenvalue weighted by molar-refractivity contribution is 0.0957. The Bertz CT molecular complexity index is 1190. The van der Waals surface area contributed by atoms with Gasteiger partial charge in [-0.25, -0.2) is 0 Å². The molecule has 0 bridgehead atoms. The standard InChI is InChI=1S/C24H21N5O2/c1-31-21-12-6-5-10-19(21)17-26-24-27-23(20-11-7-15-25-16-20)28-29(24)22(30)14-13-18-8-3-2-4-9-18/h2-16H,17H2,1H3,(H,26,27,28)/b14-13+. The van der Waals surface area contributed by atoms with Crippen molar-refractivity contribution in [1.29, 1.82) is 0 Å². The first-order valence-corrected chi connectivity index (χ1v) is 9.75. The van der Waals surface area contributed by atoms with E-state index in [0.29, 0.717) is 18.3 Å². The Morgan fingerprint density at radius 2 is 1.87 bits per heavy atom. The van der Waals surface area contributed by atoms with Gasteiger partial charge >= 0.3 is 0 Å². The molecule has 2 heterocycles. The predicted octanol–water partition coefficient (Wildman–Crippen LogP) is 4.31. The molecule has 0 radical (unpaired) electrons. The Hall–Kier alpha value is -4.26. The molecule has 0 aliphatic heterocycles. The number of para-hydroxylation sites is 1. The number of aromatic nitrogens is 4. The van der Waals surface area contributed by atoms with Gasteiger partial charge in [0, 0.05) is 36.1 Å². The van der Waals surface area contributed by atoms with Crippen LogP contribution in [0.15, 0.2) is 85.2 Å². The minimum absolute atomic E-state index is 0.311. The van der Waals surface area contributed by atoms with Crippen molar-refractivity contribution in [1.82, 2.24) is 19.7 Å². The van der Waals surface area contributed by atoms with Gasteiger partial charge in [-0.1, -0.05) is 48.5 Å². The largest absolute Gasteiger partial charge is 0.496 e. The van der Waals surface area contributed by atoms with Crippen molar-refractivity contribution in [3.05, 3.63) is 96.3 Å². The molecule has 4 aromatic rings. The number of nitrogens with one attached hydrogen (secondary N) is 1. The molecule has 0 atom stereocenters. The molecule has 0 spiro atoms. The molecule has 4 rings (SSSR count). The quantitative estimate of drug-likeness (QED) is 0.456. The van der Waals surface area contributed by atoms with Crippen LogP contribution in [0.5, 0.6) is 5.75 Å². The lowest BCUT2D eigenvalue weighted by atomic mass is 10.2. The van der Waals surface area contributed by atoms with Gasteiger partial charge in [0.15, 0.2) is 5.82 Å². The van der Waals surface area contributed by atoms with Gasteiger partial charge in [-0.05, 0) is 29.8 Å². The highest BCUT2D eigenvalue weighted by molar-refractivity contribution is 5.94. The first kappa shape index (κ1) is 20.0. The van der Waals surface area contributed by atoms with E-state index in [4.69, 9.17) is 4.74 Å². The maximum atomic E-state index is 12.9. The van der Waals surface area contributed by atoms with Gasteiger partial charge in [0.1, 0.15) is 5.75 Å². The zero-order valence-electron chi connectivity index (χ0n) is 17.0. The smallest absolute Gasteiger partial charge is 0.274 e. The second kappa shape index (κ2) is 9.49. The topological polar surface area (TPSA) is 81.9 Å². The highest BCUT2D eigenvalue weighted by Crippen LogP contribution is 2.21. The van der Waals surface area contributed by atoms with Gasteiger partial charge in [0.05, 0.1) is 7.11 Å². The Balaban J connectivity index is 1.63. The Kier molecular flexibility index (Phi) is 6.13. The number of benzene rings is 2. The number of hydrogen-bond donors (Lipinski definition) is 1. The summed E-state index contributed by atoms with van der Waals surface area (Å²) in [7, 11) is 1.62. The van der Waals surface area contributed by atoms with Gasteiger partial charge in [0.25, 0.3) is 5.91 Å².